The predicted octanol–water partition coefficient (Wildman–Crippen LogP) is 4.30. The Kier molecular flexibility index (Phi) is 3.59. The lowest BCUT2D eigenvalue weighted by molar-refractivity contribution is -0.384. The van der Waals surface area contributed by atoms with Gasteiger partial charge >= 0.3 is 0 Å². The van der Waals surface area contributed by atoms with Gasteiger partial charge in [0.25, 0.3) is 5.69 Å². The van der Waals surface area contributed by atoms with Gasteiger partial charge in [0.2, 0.25) is 11.8 Å². The first kappa shape index (κ1) is 18.9. The van der Waals surface area contributed by atoms with Gasteiger partial charge < -0.3 is 0 Å². The Morgan fingerprint density at radius 2 is 1.53 bits per heavy atom. The molecule has 7 heteroatoms. The zero-order valence-corrected chi connectivity index (χ0v) is 17.0. The van der Waals surface area contributed by atoms with Gasteiger partial charge in [-0.25, -0.2) is 9.29 Å². The molecule has 2 atom stereocenters. The van der Waals surface area contributed by atoms with E-state index in [1.54, 1.807) is 0 Å². The lowest BCUT2D eigenvalue weighted by atomic mass is 9.48. The fourth-order valence-corrected chi connectivity index (χ4v) is 6.22. The Morgan fingerprint density at radius 1 is 0.938 bits per heavy atom. The number of imide groups is 1. The molecule has 2 amide bonds. The van der Waals surface area contributed by atoms with Crippen molar-refractivity contribution in [3.63, 3.8) is 0 Å². The summed E-state index contributed by atoms with van der Waals surface area (Å²) in [7, 11) is 0. The van der Waals surface area contributed by atoms with Crippen LogP contribution >= 0.6 is 0 Å². The van der Waals surface area contributed by atoms with Gasteiger partial charge in [-0.1, -0.05) is 55.5 Å². The molecule has 0 unspecified atom stereocenters. The highest BCUT2D eigenvalue weighted by molar-refractivity contribution is 6.24. The summed E-state index contributed by atoms with van der Waals surface area (Å²) in [6.45, 7) is 1.98. The third-order valence-corrected chi connectivity index (χ3v) is 7.42. The van der Waals surface area contributed by atoms with Crippen molar-refractivity contribution < 1.29 is 18.9 Å². The van der Waals surface area contributed by atoms with Crippen LogP contribution < -0.4 is 4.90 Å². The molecular weight excluding hydrogens is 411 g/mol. The molecule has 3 aromatic carbocycles. The number of hydrogen-bond acceptors (Lipinski definition) is 4. The average molecular weight is 428 g/mol. The van der Waals surface area contributed by atoms with Crippen molar-refractivity contribution in [1.29, 1.82) is 0 Å². The van der Waals surface area contributed by atoms with Gasteiger partial charge in [-0.3, -0.25) is 19.7 Å². The van der Waals surface area contributed by atoms with Crippen LogP contribution in [0.2, 0.25) is 0 Å². The summed E-state index contributed by atoms with van der Waals surface area (Å²) >= 11 is 0. The molecule has 1 aliphatic heterocycles. The first-order chi connectivity index (χ1) is 15.4. The standard InChI is InChI=1S/C25H17FN2O4/c1-25-16-8-4-2-6-14(16)20(15-7-3-5-9-17(15)25)21-22(25)24(30)27(23(21)29)18-11-10-13(26)12-19(18)28(31)32/h2-12,20-22H,1H3/t20?,21-,22+,25?/m0/s1. The number of nitro groups is 1. The number of carbonyl (C=O) groups is 2. The monoisotopic (exact) mass is 428 g/mol. The number of nitro benzene ring substituents is 1. The van der Waals surface area contributed by atoms with E-state index in [4.69, 9.17) is 0 Å². The molecular formula is C25H17FN2O4. The number of anilines is 1. The molecule has 0 saturated carbocycles. The van der Waals surface area contributed by atoms with Crippen molar-refractivity contribution in [3.8, 4) is 0 Å². The van der Waals surface area contributed by atoms with Crippen LogP contribution in [0.4, 0.5) is 15.8 Å². The van der Waals surface area contributed by atoms with Gasteiger partial charge in [0.15, 0.2) is 0 Å². The second kappa shape index (κ2) is 6.09. The van der Waals surface area contributed by atoms with E-state index in [1.807, 2.05) is 55.5 Å². The molecule has 1 fully saturated rings. The van der Waals surface area contributed by atoms with Crippen molar-refractivity contribution in [1.82, 2.24) is 0 Å². The third-order valence-electron chi connectivity index (χ3n) is 7.42. The SMILES string of the molecule is CC12c3ccccc3C(c3ccccc31)[C@@H]1C(=O)N(c3ccc(F)cc3[N+](=O)[O-])C(=O)[C@@H]12. The lowest BCUT2D eigenvalue weighted by Gasteiger charge is -2.52. The summed E-state index contributed by atoms with van der Waals surface area (Å²) in [5.74, 6) is -3.46. The molecule has 7 rings (SSSR count). The van der Waals surface area contributed by atoms with Crippen molar-refractivity contribution >= 4 is 23.2 Å². The quantitative estimate of drug-likeness (QED) is 0.346. The second-order valence-corrected chi connectivity index (χ2v) is 8.76. The van der Waals surface area contributed by atoms with Crippen LogP contribution in [0, 0.1) is 27.8 Å². The normalized spacial score (nSPS) is 27.2. The van der Waals surface area contributed by atoms with Crippen molar-refractivity contribution in [2.24, 2.45) is 11.8 Å². The molecule has 1 heterocycles. The highest BCUT2D eigenvalue weighted by Crippen LogP contribution is 2.64. The van der Waals surface area contributed by atoms with Crippen LogP contribution in [0.15, 0.2) is 66.7 Å². The molecule has 4 aliphatic rings. The summed E-state index contributed by atoms with van der Waals surface area (Å²) < 4.78 is 13.7. The summed E-state index contributed by atoms with van der Waals surface area (Å²) in [6, 6.07) is 18.6. The Labute approximate surface area is 182 Å². The maximum absolute atomic E-state index is 13.8. The summed E-state index contributed by atoms with van der Waals surface area (Å²) in [6.07, 6.45) is 0. The van der Waals surface area contributed by atoms with Gasteiger partial charge in [-0.2, -0.15) is 0 Å². The Morgan fingerprint density at radius 3 is 2.12 bits per heavy atom. The molecule has 3 aromatic rings. The van der Waals surface area contributed by atoms with E-state index in [9.17, 15) is 24.1 Å². The van der Waals surface area contributed by atoms with Gasteiger partial charge in [0, 0.05) is 11.3 Å². The maximum atomic E-state index is 13.8. The highest BCUT2D eigenvalue weighted by Gasteiger charge is 2.66. The number of benzene rings is 3. The number of rotatable bonds is 2. The smallest absolute Gasteiger partial charge is 0.274 e. The van der Waals surface area contributed by atoms with Crippen molar-refractivity contribution in [2.75, 3.05) is 4.90 Å². The zero-order chi connectivity index (χ0) is 22.4. The Balaban J connectivity index is 1.61. The molecule has 1 saturated heterocycles. The largest absolute Gasteiger partial charge is 0.296 e. The lowest BCUT2D eigenvalue weighted by Crippen LogP contribution is -2.51. The second-order valence-electron chi connectivity index (χ2n) is 8.76. The van der Waals surface area contributed by atoms with Gasteiger partial charge in [-0.05, 0) is 34.4 Å². The average Bonchev–Trinajstić information content (AvgIpc) is 3.06. The summed E-state index contributed by atoms with van der Waals surface area (Å²) in [5.41, 5.74) is 2.47. The van der Waals surface area contributed by atoms with Crippen molar-refractivity contribution in [2.45, 2.75) is 18.3 Å². The molecule has 158 valence electrons. The molecule has 0 N–H and O–H groups in total. The van der Waals surface area contributed by atoms with E-state index in [-0.39, 0.29) is 11.6 Å². The first-order valence-corrected chi connectivity index (χ1v) is 10.4. The zero-order valence-electron chi connectivity index (χ0n) is 17.0. The highest BCUT2D eigenvalue weighted by atomic mass is 19.1. The van der Waals surface area contributed by atoms with Crippen LogP contribution in [-0.2, 0) is 15.0 Å². The number of halogens is 1. The van der Waals surface area contributed by atoms with Crippen molar-refractivity contribution in [3.05, 3.63) is 105 Å². The molecule has 32 heavy (non-hydrogen) atoms. The van der Waals surface area contributed by atoms with E-state index in [0.29, 0.717) is 0 Å². The minimum absolute atomic E-state index is 0.183. The molecule has 0 radical (unpaired) electrons. The van der Waals surface area contributed by atoms with Gasteiger partial charge in [-0.15, -0.1) is 0 Å². The van der Waals surface area contributed by atoms with E-state index in [0.717, 1.165) is 45.4 Å². The molecule has 0 spiro atoms. The number of hydrogen-bond donors (Lipinski definition) is 0. The van der Waals surface area contributed by atoms with E-state index >= 15 is 0 Å². The van der Waals surface area contributed by atoms with Gasteiger partial charge in [0.05, 0.1) is 22.8 Å². The molecule has 3 aliphatic carbocycles. The first-order valence-electron chi connectivity index (χ1n) is 10.4. The molecule has 6 nitrogen and oxygen atoms in total. The fraction of sp³-hybridized carbons (Fsp3) is 0.200. The topological polar surface area (TPSA) is 80.5 Å². The summed E-state index contributed by atoms with van der Waals surface area (Å²) in [5, 5.41) is 11.6. The van der Waals surface area contributed by atoms with Crippen LogP contribution in [0.5, 0.6) is 0 Å². The van der Waals surface area contributed by atoms with E-state index < -0.39 is 45.5 Å². The third kappa shape index (κ3) is 2.08. The van der Waals surface area contributed by atoms with Gasteiger partial charge in [0.1, 0.15) is 11.5 Å². The predicted molar refractivity (Wildman–Crippen MR) is 114 cm³/mol. The number of carbonyl (C=O) groups excluding carboxylic acids is 2. The Bertz CT molecular complexity index is 1320. The van der Waals surface area contributed by atoms with Crippen LogP contribution in [0.3, 0.4) is 0 Å². The minimum Gasteiger partial charge on any atom is -0.274 e. The van der Waals surface area contributed by atoms with E-state index in [1.165, 1.54) is 0 Å². The minimum atomic E-state index is -0.802. The molecule has 2 bridgehead atoms. The number of nitrogens with zero attached hydrogens (tertiary/aromatic N) is 2. The molecule has 0 aromatic heterocycles. The van der Waals surface area contributed by atoms with Crippen LogP contribution in [0.1, 0.15) is 35.1 Å². The van der Waals surface area contributed by atoms with Crippen LogP contribution in [0.25, 0.3) is 0 Å². The fourth-order valence-electron chi connectivity index (χ4n) is 6.22. The maximum Gasteiger partial charge on any atom is 0.296 e. The summed E-state index contributed by atoms with van der Waals surface area (Å²) in [4.78, 5) is 39.3. The van der Waals surface area contributed by atoms with E-state index in [2.05, 4.69) is 0 Å². The van der Waals surface area contributed by atoms with Crippen LogP contribution in [-0.4, -0.2) is 16.7 Å². The number of amides is 2. The Hall–Kier alpha value is -3.87.